The number of pyridine rings is 1. The van der Waals surface area contributed by atoms with E-state index in [1.807, 2.05) is 42.6 Å². The number of ether oxygens (including phenoxy) is 2. The van der Waals surface area contributed by atoms with E-state index in [9.17, 15) is 5.11 Å². The second kappa shape index (κ2) is 8.05. The average molecular weight is 374 g/mol. The summed E-state index contributed by atoms with van der Waals surface area (Å²) in [6, 6.07) is 17.3. The first-order valence-corrected chi connectivity index (χ1v) is 9.20. The number of anilines is 1. The molecule has 0 fully saturated rings. The third-order valence-corrected chi connectivity index (χ3v) is 4.72. The van der Waals surface area contributed by atoms with Crippen molar-refractivity contribution >= 4 is 17.8 Å². The van der Waals surface area contributed by atoms with Gasteiger partial charge in [0.1, 0.15) is 5.75 Å². The minimum atomic E-state index is 0.265. The van der Waals surface area contributed by atoms with E-state index in [1.165, 1.54) is 5.56 Å². The van der Waals surface area contributed by atoms with Crippen LogP contribution in [0.5, 0.6) is 17.2 Å². The maximum Gasteiger partial charge on any atom is 0.231 e. The molecule has 1 aromatic heterocycles. The highest BCUT2D eigenvalue weighted by Gasteiger charge is 2.13. The van der Waals surface area contributed by atoms with Crippen molar-refractivity contribution < 1.29 is 14.6 Å². The fourth-order valence-electron chi connectivity index (χ4n) is 3.05. The summed E-state index contributed by atoms with van der Waals surface area (Å²) >= 11 is 0. The van der Waals surface area contributed by atoms with Gasteiger partial charge in [-0.3, -0.25) is 4.98 Å². The van der Waals surface area contributed by atoms with Crippen LogP contribution < -0.4 is 14.4 Å². The van der Waals surface area contributed by atoms with Crippen molar-refractivity contribution in [2.45, 2.75) is 6.42 Å². The zero-order valence-corrected chi connectivity index (χ0v) is 15.7. The lowest BCUT2D eigenvalue weighted by Crippen LogP contribution is -2.20. The Balaban J connectivity index is 1.39. The van der Waals surface area contributed by atoms with E-state index in [2.05, 4.69) is 35.1 Å². The lowest BCUT2D eigenvalue weighted by molar-refractivity contribution is 0.174. The first-order chi connectivity index (χ1) is 13.7. The summed E-state index contributed by atoms with van der Waals surface area (Å²) in [5.74, 6) is 1.91. The van der Waals surface area contributed by atoms with Gasteiger partial charge in [0.2, 0.25) is 6.79 Å². The summed E-state index contributed by atoms with van der Waals surface area (Å²) < 4.78 is 10.8. The summed E-state index contributed by atoms with van der Waals surface area (Å²) in [7, 11) is 2.08. The Kier molecular flexibility index (Phi) is 5.15. The Morgan fingerprint density at radius 3 is 2.68 bits per heavy atom. The quantitative estimate of drug-likeness (QED) is 0.695. The lowest BCUT2D eigenvalue weighted by Gasteiger charge is -2.19. The maximum atomic E-state index is 9.36. The van der Waals surface area contributed by atoms with Crippen LogP contribution in [-0.2, 0) is 6.42 Å². The van der Waals surface area contributed by atoms with Crippen molar-refractivity contribution in [2.75, 3.05) is 25.3 Å². The summed E-state index contributed by atoms with van der Waals surface area (Å²) in [6.07, 6.45) is 6.69. The molecule has 28 heavy (non-hydrogen) atoms. The third-order valence-electron chi connectivity index (χ3n) is 4.72. The van der Waals surface area contributed by atoms with E-state index in [1.54, 1.807) is 12.1 Å². The van der Waals surface area contributed by atoms with E-state index in [0.717, 1.165) is 41.4 Å². The molecule has 2 aromatic carbocycles. The summed E-state index contributed by atoms with van der Waals surface area (Å²) in [5, 5.41) is 9.36. The lowest BCUT2D eigenvalue weighted by atomic mass is 10.1. The highest BCUT2D eigenvalue weighted by Crippen LogP contribution is 2.32. The first-order valence-electron chi connectivity index (χ1n) is 9.20. The van der Waals surface area contributed by atoms with E-state index in [-0.39, 0.29) is 5.75 Å². The zero-order chi connectivity index (χ0) is 19.3. The summed E-state index contributed by atoms with van der Waals surface area (Å²) in [5.41, 5.74) is 4.24. The van der Waals surface area contributed by atoms with Crippen LogP contribution in [0.1, 0.15) is 16.8 Å². The molecule has 0 aliphatic carbocycles. The van der Waals surface area contributed by atoms with Crippen molar-refractivity contribution in [1.29, 1.82) is 0 Å². The van der Waals surface area contributed by atoms with Crippen LogP contribution >= 0.6 is 0 Å². The van der Waals surface area contributed by atoms with Crippen molar-refractivity contribution in [3.63, 3.8) is 0 Å². The molecule has 0 saturated heterocycles. The largest absolute Gasteiger partial charge is 0.508 e. The van der Waals surface area contributed by atoms with Gasteiger partial charge in [-0.1, -0.05) is 24.3 Å². The van der Waals surface area contributed by atoms with Gasteiger partial charge in [-0.25, -0.2) is 0 Å². The second-order valence-corrected chi connectivity index (χ2v) is 6.72. The van der Waals surface area contributed by atoms with Crippen LogP contribution in [0, 0.1) is 0 Å². The smallest absolute Gasteiger partial charge is 0.231 e. The highest BCUT2D eigenvalue weighted by molar-refractivity contribution is 5.69. The van der Waals surface area contributed by atoms with E-state index in [0.29, 0.717) is 6.79 Å². The Bertz CT molecular complexity index is 983. The SMILES string of the molecule is CN(CCc1ccc2c(c1)OCO2)c1ccnc(/C=C/c2ccc(O)cc2)c1. The van der Waals surface area contributed by atoms with Crippen molar-refractivity contribution in [2.24, 2.45) is 0 Å². The van der Waals surface area contributed by atoms with Gasteiger partial charge in [0.25, 0.3) is 0 Å². The molecule has 5 nitrogen and oxygen atoms in total. The molecule has 1 N–H and O–H groups in total. The predicted octanol–water partition coefficient (Wildman–Crippen LogP) is 4.37. The van der Waals surface area contributed by atoms with Gasteiger partial charge >= 0.3 is 0 Å². The molecule has 4 rings (SSSR count). The average Bonchev–Trinajstić information content (AvgIpc) is 3.20. The molecule has 0 amide bonds. The number of fused-ring (bicyclic) bond motifs is 1. The molecule has 0 bridgehead atoms. The molecular formula is C23H22N2O3. The molecule has 2 heterocycles. The van der Waals surface area contributed by atoms with Gasteiger partial charge in [-0.05, 0) is 60.0 Å². The number of aromatic hydroxyl groups is 1. The van der Waals surface area contributed by atoms with Gasteiger partial charge in [0, 0.05) is 25.5 Å². The molecular weight excluding hydrogens is 352 g/mol. The van der Waals surface area contributed by atoms with Gasteiger partial charge in [-0.2, -0.15) is 0 Å². The molecule has 0 saturated carbocycles. The monoisotopic (exact) mass is 374 g/mol. The molecule has 0 unspecified atom stereocenters. The first kappa shape index (κ1) is 17.9. The Labute approximate surface area is 164 Å². The van der Waals surface area contributed by atoms with Crippen LogP contribution in [0.3, 0.4) is 0 Å². The van der Waals surface area contributed by atoms with Crippen molar-refractivity contribution in [1.82, 2.24) is 4.98 Å². The van der Waals surface area contributed by atoms with Gasteiger partial charge in [0.15, 0.2) is 11.5 Å². The van der Waals surface area contributed by atoms with Crippen LogP contribution in [0.2, 0.25) is 0 Å². The fourth-order valence-corrected chi connectivity index (χ4v) is 3.05. The Hall–Kier alpha value is -3.47. The van der Waals surface area contributed by atoms with E-state index in [4.69, 9.17) is 9.47 Å². The molecule has 142 valence electrons. The third kappa shape index (κ3) is 4.26. The van der Waals surface area contributed by atoms with Gasteiger partial charge in [-0.15, -0.1) is 0 Å². The predicted molar refractivity (Wildman–Crippen MR) is 111 cm³/mol. The number of likely N-dealkylation sites (N-methyl/N-ethyl adjacent to an activating group) is 1. The number of phenols is 1. The van der Waals surface area contributed by atoms with Crippen LogP contribution in [-0.4, -0.2) is 30.5 Å². The Morgan fingerprint density at radius 1 is 1.00 bits per heavy atom. The normalized spacial score (nSPS) is 12.5. The molecule has 0 spiro atoms. The topological polar surface area (TPSA) is 54.8 Å². The molecule has 5 heteroatoms. The maximum absolute atomic E-state index is 9.36. The number of nitrogens with zero attached hydrogens (tertiary/aromatic N) is 2. The minimum Gasteiger partial charge on any atom is -0.508 e. The molecule has 3 aromatic rings. The van der Waals surface area contributed by atoms with Crippen LogP contribution in [0.25, 0.3) is 12.2 Å². The van der Waals surface area contributed by atoms with Gasteiger partial charge < -0.3 is 19.5 Å². The molecule has 1 aliphatic heterocycles. The number of rotatable bonds is 6. The van der Waals surface area contributed by atoms with Crippen LogP contribution in [0.4, 0.5) is 5.69 Å². The van der Waals surface area contributed by atoms with E-state index < -0.39 is 0 Å². The second-order valence-electron chi connectivity index (χ2n) is 6.72. The number of hydrogen-bond donors (Lipinski definition) is 1. The Morgan fingerprint density at radius 2 is 1.82 bits per heavy atom. The summed E-state index contributed by atoms with van der Waals surface area (Å²) in [6.45, 7) is 1.18. The number of benzene rings is 2. The zero-order valence-electron chi connectivity index (χ0n) is 15.7. The fraction of sp³-hybridized carbons (Fsp3) is 0.174. The van der Waals surface area contributed by atoms with Crippen molar-refractivity contribution in [3.05, 3.63) is 77.6 Å². The number of phenolic OH excluding ortho intramolecular Hbond substituents is 1. The van der Waals surface area contributed by atoms with E-state index >= 15 is 0 Å². The highest BCUT2D eigenvalue weighted by atomic mass is 16.7. The van der Waals surface area contributed by atoms with Crippen molar-refractivity contribution in [3.8, 4) is 17.2 Å². The number of aromatic nitrogens is 1. The van der Waals surface area contributed by atoms with Crippen LogP contribution in [0.15, 0.2) is 60.8 Å². The minimum absolute atomic E-state index is 0.265. The van der Waals surface area contributed by atoms with Gasteiger partial charge in [0.05, 0.1) is 5.69 Å². The standard InChI is InChI=1S/C23H22N2O3/c1-25(13-11-18-5-9-22-23(14-18)28-16-27-22)20-10-12-24-19(15-20)6-2-17-3-7-21(26)8-4-17/h2-10,12,14-15,26H,11,13,16H2,1H3/b6-2+. The number of hydrogen-bond acceptors (Lipinski definition) is 5. The molecule has 0 atom stereocenters. The molecule has 0 radical (unpaired) electrons. The molecule has 1 aliphatic rings. The summed E-state index contributed by atoms with van der Waals surface area (Å²) in [4.78, 5) is 6.63.